The number of hydrogen-bond acceptors (Lipinski definition) is 5. The molecule has 2 aromatic carbocycles. The minimum Gasteiger partial charge on any atom is -0.465 e. The first-order valence-electron chi connectivity index (χ1n) is 6.63. The van der Waals surface area contributed by atoms with Gasteiger partial charge >= 0.3 is 5.97 Å². The van der Waals surface area contributed by atoms with Gasteiger partial charge in [0.15, 0.2) is 0 Å². The van der Waals surface area contributed by atoms with Crippen LogP contribution in [0, 0.1) is 0 Å². The predicted octanol–water partition coefficient (Wildman–Crippen LogP) is 4.69. The van der Waals surface area contributed by atoms with Crippen LogP contribution in [0.1, 0.15) is 10.4 Å². The van der Waals surface area contributed by atoms with E-state index in [0.717, 1.165) is 25.5 Å². The molecule has 0 aliphatic rings. The SMILES string of the molecule is COC(=O)c1cccc(Nc2ncnc3c(Br)cc(Br)cc23)c1. The molecule has 116 valence electrons. The Balaban J connectivity index is 2.04. The van der Waals surface area contributed by atoms with Gasteiger partial charge < -0.3 is 10.1 Å². The molecule has 0 aliphatic heterocycles. The molecule has 0 bridgehead atoms. The van der Waals surface area contributed by atoms with Gasteiger partial charge in [0.25, 0.3) is 0 Å². The molecule has 0 amide bonds. The number of benzene rings is 2. The summed E-state index contributed by atoms with van der Waals surface area (Å²) in [6.07, 6.45) is 1.49. The maximum absolute atomic E-state index is 11.6. The first-order valence-corrected chi connectivity index (χ1v) is 8.22. The van der Waals surface area contributed by atoms with Crippen LogP contribution in [0.2, 0.25) is 0 Å². The third-order valence-corrected chi connectivity index (χ3v) is 4.27. The molecule has 5 nitrogen and oxygen atoms in total. The lowest BCUT2D eigenvalue weighted by Gasteiger charge is -2.10. The lowest BCUT2D eigenvalue weighted by Crippen LogP contribution is -2.02. The van der Waals surface area contributed by atoms with Crippen molar-refractivity contribution in [2.24, 2.45) is 0 Å². The van der Waals surface area contributed by atoms with Crippen molar-refractivity contribution in [2.75, 3.05) is 12.4 Å². The van der Waals surface area contributed by atoms with Gasteiger partial charge in [-0.1, -0.05) is 22.0 Å². The lowest BCUT2D eigenvalue weighted by atomic mass is 10.2. The van der Waals surface area contributed by atoms with E-state index in [-0.39, 0.29) is 5.97 Å². The van der Waals surface area contributed by atoms with Crippen LogP contribution in [0.3, 0.4) is 0 Å². The molecule has 0 saturated carbocycles. The molecule has 0 aliphatic carbocycles. The van der Waals surface area contributed by atoms with E-state index >= 15 is 0 Å². The fourth-order valence-corrected chi connectivity index (χ4v) is 3.50. The van der Waals surface area contributed by atoms with Gasteiger partial charge in [0.1, 0.15) is 12.1 Å². The van der Waals surface area contributed by atoms with Gasteiger partial charge in [-0.3, -0.25) is 0 Å². The maximum Gasteiger partial charge on any atom is 0.337 e. The molecule has 3 rings (SSSR count). The number of halogens is 2. The van der Waals surface area contributed by atoms with E-state index in [1.807, 2.05) is 18.2 Å². The summed E-state index contributed by atoms with van der Waals surface area (Å²) in [5.74, 6) is 0.269. The van der Waals surface area contributed by atoms with E-state index in [0.29, 0.717) is 11.4 Å². The smallest absolute Gasteiger partial charge is 0.337 e. The number of esters is 1. The Morgan fingerprint density at radius 1 is 1.17 bits per heavy atom. The fourth-order valence-electron chi connectivity index (χ4n) is 2.17. The summed E-state index contributed by atoms with van der Waals surface area (Å²) < 4.78 is 6.52. The number of aromatic nitrogens is 2. The molecule has 3 aromatic rings. The summed E-state index contributed by atoms with van der Waals surface area (Å²) in [7, 11) is 1.36. The number of carbonyl (C=O) groups excluding carboxylic acids is 1. The molecule has 0 saturated heterocycles. The minimum atomic E-state index is -0.383. The number of fused-ring (bicyclic) bond motifs is 1. The second-order valence-corrected chi connectivity index (χ2v) is 6.47. The van der Waals surface area contributed by atoms with Crippen molar-refractivity contribution < 1.29 is 9.53 Å². The summed E-state index contributed by atoms with van der Waals surface area (Å²) >= 11 is 6.97. The minimum absolute atomic E-state index is 0.383. The van der Waals surface area contributed by atoms with Crippen LogP contribution in [-0.4, -0.2) is 23.0 Å². The van der Waals surface area contributed by atoms with E-state index in [1.165, 1.54) is 13.4 Å². The van der Waals surface area contributed by atoms with Crippen LogP contribution < -0.4 is 5.32 Å². The molecule has 0 atom stereocenters. The molecule has 0 spiro atoms. The highest BCUT2D eigenvalue weighted by atomic mass is 79.9. The monoisotopic (exact) mass is 435 g/mol. The van der Waals surface area contributed by atoms with Gasteiger partial charge in [-0.15, -0.1) is 0 Å². The molecule has 1 N–H and O–H groups in total. The number of nitrogens with one attached hydrogen (secondary N) is 1. The lowest BCUT2D eigenvalue weighted by molar-refractivity contribution is 0.0601. The highest BCUT2D eigenvalue weighted by Gasteiger charge is 2.10. The zero-order valence-corrected chi connectivity index (χ0v) is 15.2. The molecule has 0 fully saturated rings. The molecule has 0 unspecified atom stereocenters. The van der Waals surface area contributed by atoms with Gasteiger partial charge in [0.05, 0.1) is 18.2 Å². The molecular weight excluding hydrogens is 426 g/mol. The molecule has 0 radical (unpaired) electrons. The first kappa shape index (κ1) is 15.9. The average Bonchev–Trinajstić information content (AvgIpc) is 2.55. The molecule has 23 heavy (non-hydrogen) atoms. The van der Waals surface area contributed by atoms with Gasteiger partial charge in [0.2, 0.25) is 0 Å². The zero-order chi connectivity index (χ0) is 16.4. The van der Waals surface area contributed by atoms with Crippen LogP contribution in [0.4, 0.5) is 11.5 Å². The highest BCUT2D eigenvalue weighted by molar-refractivity contribution is 9.11. The van der Waals surface area contributed by atoms with Crippen molar-refractivity contribution in [2.45, 2.75) is 0 Å². The van der Waals surface area contributed by atoms with Crippen molar-refractivity contribution in [1.29, 1.82) is 0 Å². The third kappa shape index (κ3) is 3.35. The van der Waals surface area contributed by atoms with Crippen LogP contribution in [-0.2, 0) is 4.74 Å². The van der Waals surface area contributed by atoms with Gasteiger partial charge in [-0.25, -0.2) is 14.8 Å². The first-order chi connectivity index (χ1) is 11.1. The van der Waals surface area contributed by atoms with Crippen LogP contribution in [0.5, 0.6) is 0 Å². The van der Waals surface area contributed by atoms with Crippen molar-refractivity contribution in [3.05, 3.63) is 57.2 Å². The van der Waals surface area contributed by atoms with Gasteiger partial charge in [0, 0.05) is 20.0 Å². The number of ether oxygens (including phenoxy) is 1. The number of carbonyl (C=O) groups is 1. The number of methoxy groups -OCH3 is 1. The van der Waals surface area contributed by atoms with Crippen LogP contribution in [0.15, 0.2) is 51.7 Å². The van der Waals surface area contributed by atoms with E-state index in [4.69, 9.17) is 4.74 Å². The van der Waals surface area contributed by atoms with Gasteiger partial charge in [-0.05, 0) is 46.3 Å². The largest absolute Gasteiger partial charge is 0.465 e. The molecule has 1 heterocycles. The molecular formula is C16H11Br2N3O2. The third-order valence-electron chi connectivity index (χ3n) is 3.20. The number of anilines is 2. The quantitative estimate of drug-likeness (QED) is 0.603. The highest BCUT2D eigenvalue weighted by Crippen LogP contribution is 2.31. The predicted molar refractivity (Wildman–Crippen MR) is 96.0 cm³/mol. The van der Waals surface area contributed by atoms with Gasteiger partial charge in [-0.2, -0.15) is 0 Å². The Hall–Kier alpha value is -1.99. The van der Waals surface area contributed by atoms with E-state index in [9.17, 15) is 4.79 Å². The fraction of sp³-hybridized carbons (Fsp3) is 0.0625. The topological polar surface area (TPSA) is 64.1 Å². The Morgan fingerprint density at radius 3 is 2.78 bits per heavy atom. The molecule has 1 aromatic heterocycles. The number of nitrogens with zero attached hydrogens (tertiary/aromatic N) is 2. The summed E-state index contributed by atoms with van der Waals surface area (Å²) in [4.78, 5) is 20.2. The van der Waals surface area contributed by atoms with Crippen molar-refractivity contribution >= 4 is 60.2 Å². The van der Waals surface area contributed by atoms with E-state index in [1.54, 1.807) is 18.2 Å². The summed E-state index contributed by atoms with van der Waals surface area (Å²) in [6.45, 7) is 0. The molecule has 7 heteroatoms. The van der Waals surface area contributed by atoms with Crippen LogP contribution in [0.25, 0.3) is 10.9 Å². The zero-order valence-electron chi connectivity index (χ0n) is 12.0. The summed E-state index contributed by atoms with van der Waals surface area (Å²) in [5.41, 5.74) is 2.01. The van der Waals surface area contributed by atoms with Crippen LogP contribution >= 0.6 is 31.9 Å². The Morgan fingerprint density at radius 2 is 2.00 bits per heavy atom. The standard InChI is InChI=1S/C16H11Br2N3O2/c1-23-16(22)9-3-2-4-11(5-9)21-15-12-6-10(17)7-13(18)14(12)19-8-20-15/h2-8H,1H3,(H,19,20,21). The maximum atomic E-state index is 11.6. The van der Waals surface area contributed by atoms with E-state index in [2.05, 4.69) is 47.1 Å². The average molecular weight is 437 g/mol. The summed E-state index contributed by atoms with van der Waals surface area (Å²) in [5, 5.41) is 4.08. The summed E-state index contributed by atoms with van der Waals surface area (Å²) in [6, 6.07) is 10.9. The Labute approximate surface area is 149 Å². The Bertz CT molecular complexity index is 900. The number of hydrogen-bond donors (Lipinski definition) is 1. The van der Waals surface area contributed by atoms with Crippen molar-refractivity contribution in [3.8, 4) is 0 Å². The Kier molecular flexibility index (Phi) is 4.58. The van der Waals surface area contributed by atoms with E-state index < -0.39 is 0 Å². The van der Waals surface area contributed by atoms with Crippen molar-refractivity contribution in [1.82, 2.24) is 9.97 Å². The van der Waals surface area contributed by atoms with Crippen molar-refractivity contribution in [3.63, 3.8) is 0 Å². The second-order valence-electron chi connectivity index (χ2n) is 4.70. The number of rotatable bonds is 3. The second kappa shape index (κ2) is 6.64. The normalized spacial score (nSPS) is 10.6.